The van der Waals surface area contributed by atoms with Crippen LogP contribution < -0.4 is 0 Å². The van der Waals surface area contributed by atoms with Gasteiger partial charge in [0.25, 0.3) is 0 Å². The van der Waals surface area contributed by atoms with Crippen molar-refractivity contribution in [1.29, 1.82) is 0 Å². The van der Waals surface area contributed by atoms with Crippen molar-refractivity contribution in [1.82, 2.24) is 9.88 Å². The van der Waals surface area contributed by atoms with Crippen molar-refractivity contribution in [3.05, 3.63) is 42.0 Å². The lowest BCUT2D eigenvalue weighted by Crippen LogP contribution is -2.41. The van der Waals surface area contributed by atoms with Crippen molar-refractivity contribution in [2.75, 3.05) is 13.1 Å². The highest BCUT2D eigenvalue weighted by molar-refractivity contribution is 5.52. The molecule has 0 aliphatic carbocycles. The lowest BCUT2D eigenvalue weighted by atomic mass is 9.97. The second-order valence-corrected chi connectivity index (χ2v) is 5.72. The van der Waals surface area contributed by atoms with Gasteiger partial charge in [-0.2, -0.15) is 0 Å². The summed E-state index contributed by atoms with van der Waals surface area (Å²) >= 11 is 0. The Kier molecular flexibility index (Phi) is 4.03. The van der Waals surface area contributed by atoms with Gasteiger partial charge in [0.05, 0.1) is 11.8 Å². The Labute approximate surface area is 123 Å². The number of hydrogen-bond donors (Lipinski definition) is 1. The molecule has 1 aliphatic heterocycles. The highest BCUT2D eigenvalue weighted by atomic mass is 19.1. The molecule has 1 N–H and O–H groups in total. The molecule has 1 aliphatic rings. The van der Waals surface area contributed by atoms with Crippen molar-refractivity contribution in [3.63, 3.8) is 0 Å². The van der Waals surface area contributed by atoms with E-state index in [1.165, 1.54) is 12.1 Å². The maximum atomic E-state index is 13.2. The van der Waals surface area contributed by atoms with Crippen LogP contribution in [-0.2, 0) is 6.54 Å². The third-order valence-corrected chi connectivity index (χ3v) is 3.95. The molecular weight excluding hydrogens is 271 g/mol. The molecule has 1 aromatic heterocycles. The second kappa shape index (κ2) is 5.95. The van der Waals surface area contributed by atoms with Crippen LogP contribution in [-0.4, -0.2) is 34.2 Å². The largest absolute Gasteiger partial charge is 0.444 e. The highest BCUT2D eigenvalue weighted by Crippen LogP contribution is 2.22. The molecule has 0 amide bonds. The van der Waals surface area contributed by atoms with Crippen LogP contribution in [0.25, 0.3) is 11.5 Å². The molecule has 21 heavy (non-hydrogen) atoms. The third kappa shape index (κ3) is 3.31. The maximum Gasteiger partial charge on any atom is 0.226 e. The van der Waals surface area contributed by atoms with Gasteiger partial charge in [-0.3, -0.25) is 4.90 Å². The lowest BCUT2D eigenvalue weighted by Gasteiger charge is -2.33. The van der Waals surface area contributed by atoms with E-state index in [1.54, 1.807) is 18.4 Å². The SMILES string of the molecule is CC1CN(Cc2coc(-c3cccc(F)c3)n2)CCC1O. The summed E-state index contributed by atoms with van der Waals surface area (Å²) in [6.45, 7) is 4.45. The van der Waals surface area contributed by atoms with E-state index in [0.29, 0.717) is 18.0 Å². The van der Waals surface area contributed by atoms with Gasteiger partial charge in [0.15, 0.2) is 0 Å². The predicted molar refractivity (Wildman–Crippen MR) is 77.0 cm³/mol. The van der Waals surface area contributed by atoms with Crippen LogP contribution in [0.1, 0.15) is 19.0 Å². The molecule has 4 nitrogen and oxygen atoms in total. The molecule has 2 unspecified atom stereocenters. The first-order valence-corrected chi connectivity index (χ1v) is 7.22. The van der Waals surface area contributed by atoms with E-state index in [2.05, 4.69) is 16.8 Å². The predicted octanol–water partition coefficient (Wildman–Crippen LogP) is 2.68. The Hall–Kier alpha value is -1.72. The molecule has 2 aromatic rings. The van der Waals surface area contributed by atoms with Crippen molar-refractivity contribution < 1.29 is 13.9 Å². The zero-order valence-corrected chi connectivity index (χ0v) is 12.0. The summed E-state index contributed by atoms with van der Waals surface area (Å²) in [6, 6.07) is 6.23. The van der Waals surface area contributed by atoms with Crippen LogP contribution in [0.5, 0.6) is 0 Å². The number of aliphatic hydroxyl groups is 1. The number of halogens is 1. The van der Waals surface area contributed by atoms with Gasteiger partial charge >= 0.3 is 0 Å². The topological polar surface area (TPSA) is 49.5 Å². The van der Waals surface area contributed by atoms with Gasteiger partial charge in [-0.25, -0.2) is 9.37 Å². The number of likely N-dealkylation sites (tertiary alicyclic amines) is 1. The number of oxazole rings is 1. The van der Waals surface area contributed by atoms with Crippen LogP contribution in [0, 0.1) is 11.7 Å². The fourth-order valence-corrected chi connectivity index (χ4v) is 2.73. The number of hydrogen-bond acceptors (Lipinski definition) is 4. The monoisotopic (exact) mass is 290 g/mol. The minimum absolute atomic E-state index is 0.207. The maximum absolute atomic E-state index is 13.2. The van der Waals surface area contributed by atoms with Gasteiger partial charge in [0.1, 0.15) is 12.1 Å². The number of aromatic nitrogens is 1. The molecule has 112 valence electrons. The molecule has 0 bridgehead atoms. The minimum Gasteiger partial charge on any atom is -0.444 e. The van der Waals surface area contributed by atoms with E-state index in [4.69, 9.17) is 4.42 Å². The Morgan fingerprint density at radius 3 is 3.10 bits per heavy atom. The Bertz CT molecular complexity index is 614. The summed E-state index contributed by atoms with van der Waals surface area (Å²) in [7, 11) is 0. The van der Waals surface area contributed by atoms with E-state index < -0.39 is 0 Å². The Balaban J connectivity index is 1.68. The molecule has 1 aromatic carbocycles. The minimum atomic E-state index is -0.300. The van der Waals surface area contributed by atoms with Gasteiger partial charge in [-0.15, -0.1) is 0 Å². The first kappa shape index (κ1) is 14.2. The summed E-state index contributed by atoms with van der Waals surface area (Å²) in [6.07, 6.45) is 2.20. The number of rotatable bonds is 3. The summed E-state index contributed by atoms with van der Waals surface area (Å²) in [5.41, 5.74) is 1.47. The van der Waals surface area contributed by atoms with Crippen molar-refractivity contribution in [2.24, 2.45) is 5.92 Å². The first-order chi connectivity index (χ1) is 10.1. The standard InChI is InChI=1S/C16H19FN2O2/c1-11-8-19(6-5-15(11)20)9-14-10-21-16(18-14)12-3-2-4-13(17)7-12/h2-4,7,10-11,15,20H,5-6,8-9H2,1H3. The molecular formula is C16H19FN2O2. The highest BCUT2D eigenvalue weighted by Gasteiger charge is 2.24. The van der Waals surface area contributed by atoms with Gasteiger partial charge in [-0.1, -0.05) is 13.0 Å². The number of benzene rings is 1. The van der Waals surface area contributed by atoms with Crippen LogP contribution >= 0.6 is 0 Å². The van der Waals surface area contributed by atoms with Crippen LogP contribution in [0.3, 0.4) is 0 Å². The summed E-state index contributed by atoms with van der Waals surface area (Å²) in [5, 5.41) is 9.74. The smallest absolute Gasteiger partial charge is 0.226 e. The number of nitrogens with zero attached hydrogens (tertiary/aromatic N) is 2. The van der Waals surface area contributed by atoms with E-state index >= 15 is 0 Å². The third-order valence-electron chi connectivity index (χ3n) is 3.95. The van der Waals surface area contributed by atoms with E-state index in [9.17, 15) is 9.50 Å². The summed E-state index contributed by atoms with van der Waals surface area (Å²) < 4.78 is 18.7. The molecule has 0 radical (unpaired) electrons. The molecule has 5 heteroatoms. The molecule has 0 spiro atoms. The van der Waals surface area contributed by atoms with Gasteiger partial charge in [-0.05, 0) is 30.5 Å². The van der Waals surface area contributed by atoms with Crippen molar-refractivity contribution >= 4 is 0 Å². The van der Waals surface area contributed by atoms with Gasteiger partial charge in [0, 0.05) is 25.2 Å². The number of piperidine rings is 1. The quantitative estimate of drug-likeness (QED) is 0.944. The zero-order valence-electron chi connectivity index (χ0n) is 12.0. The normalized spacial score (nSPS) is 23.4. The molecule has 1 fully saturated rings. The van der Waals surface area contributed by atoms with E-state index in [-0.39, 0.29) is 17.8 Å². The van der Waals surface area contributed by atoms with Crippen molar-refractivity contribution in [3.8, 4) is 11.5 Å². The first-order valence-electron chi connectivity index (χ1n) is 7.22. The Morgan fingerprint density at radius 1 is 1.48 bits per heavy atom. The molecule has 2 atom stereocenters. The van der Waals surface area contributed by atoms with E-state index in [1.807, 2.05) is 0 Å². The number of aliphatic hydroxyl groups excluding tert-OH is 1. The van der Waals surface area contributed by atoms with Crippen LogP contribution in [0.2, 0.25) is 0 Å². The molecule has 0 saturated carbocycles. The Morgan fingerprint density at radius 2 is 2.33 bits per heavy atom. The van der Waals surface area contributed by atoms with Gasteiger partial charge in [0.2, 0.25) is 5.89 Å². The zero-order chi connectivity index (χ0) is 14.8. The van der Waals surface area contributed by atoms with Gasteiger partial charge < -0.3 is 9.52 Å². The van der Waals surface area contributed by atoms with Crippen LogP contribution in [0.4, 0.5) is 4.39 Å². The lowest BCUT2D eigenvalue weighted by molar-refractivity contribution is 0.0315. The van der Waals surface area contributed by atoms with E-state index in [0.717, 1.165) is 25.2 Å². The summed E-state index contributed by atoms with van der Waals surface area (Å²) in [4.78, 5) is 6.68. The van der Waals surface area contributed by atoms with Crippen molar-refractivity contribution in [2.45, 2.75) is 26.0 Å². The average molecular weight is 290 g/mol. The summed E-state index contributed by atoms with van der Waals surface area (Å²) in [5.74, 6) is 0.411. The van der Waals surface area contributed by atoms with Crippen LogP contribution in [0.15, 0.2) is 34.9 Å². The molecule has 3 rings (SSSR count). The second-order valence-electron chi connectivity index (χ2n) is 5.72. The molecule has 1 saturated heterocycles. The molecule has 2 heterocycles. The fourth-order valence-electron chi connectivity index (χ4n) is 2.73. The fraction of sp³-hybridized carbons (Fsp3) is 0.438. The average Bonchev–Trinajstić information content (AvgIpc) is 2.91.